The Hall–Kier alpha value is -1.12. The summed E-state index contributed by atoms with van der Waals surface area (Å²) in [6, 6.07) is 0. The van der Waals surface area contributed by atoms with Crippen molar-refractivity contribution in [1.29, 1.82) is 0 Å². The second kappa shape index (κ2) is 4.17. The second-order valence-corrected chi connectivity index (χ2v) is 4.85. The Morgan fingerprint density at radius 2 is 2.20 bits per heavy atom. The highest BCUT2D eigenvalue weighted by Crippen LogP contribution is 2.15. The van der Waals surface area contributed by atoms with Crippen LogP contribution in [0.5, 0.6) is 0 Å². The van der Waals surface area contributed by atoms with E-state index in [0.717, 1.165) is 0 Å². The molecular formula is C7H15N5O2S. The smallest absolute Gasteiger partial charge is 0.258 e. The van der Waals surface area contributed by atoms with Crippen LogP contribution in [-0.4, -0.2) is 37.3 Å². The van der Waals surface area contributed by atoms with Crippen LogP contribution in [0.15, 0.2) is 11.1 Å². The molecule has 8 heteroatoms. The Labute approximate surface area is 88.9 Å². The zero-order valence-electron chi connectivity index (χ0n) is 8.93. The summed E-state index contributed by atoms with van der Waals surface area (Å²) in [4.78, 5) is 2.28. The predicted octanol–water partition coefficient (Wildman–Crippen LogP) is -0.760. The lowest BCUT2D eigenvalue weighted by atomic mass is 10.6. The average molecular weight is 233 g/mol. The maximum Gasteiger partial charge on any atom is 0.258 e. The van der Waals surface area contributed by atoms with Crippen molar-refractivity contribution in [2.24, 2.45) is 0 Å². The normalized spacial score (nSPS) is 12.3. The summed E-state index contributed by atoms with van der Waals surface area (Å²) in [6.07, 6.45) is 1.40. The molecule has 0 aliphatic carbocycles. The van der Waals surface area contributed by atoms with E-state index in [1.54, 1.807) is 14.1 Å². The van der Waals surface area contributed by atoms with Gasteiger partial charge in [-0.05, 0) is 6.92 Å². The molecule has 0 unspecified atom stereocenters. The van der Waals surface area contributed by atoms with Gasteiger partial charge in [-0.15, -0.1) is 4.83 Å². The molecule has 1 rings (SSSR count). The minimum absolute atomic E-state index is 0.00181. The topological polar surface area (TPSA) is 93.2 Å². The number of rotatable bonds is 4. The minimum Gasteiger partial charge on any atom is -0.381 e. The van der Waals surface area contributed by atoms with Crippen LogP contribution in [0.4, 0.5) is 5.82 Å². The van der Waals surface area contributed by atoms with Crippen LogP contribution in [0.2, 0.25) is 0 Å². The van der Waals surface area contributed by atoms with Crippen molar-refractivity contribution in [2.75, 3.05) is 19.8 Å². The van der Waals surface area contributed by atoms with Crippen molar-refractivity contribution in [3.8, 4) is 0 Å². The third-order valence-electron chi connectivity index (χ3n) is 1.67. The van der Waals surface area contributed by atoms with Gasteiger partial charge in [-0.25, -0.2) is 13.4 Å². The van der Waals surface area contributed by atoms with E-state index in [0.29, 0.717) is 6.54 Å². The molecular weight excluding hydrogens is 218 g/mol. The van der Waals surface area contributed by atoms with Gasteiger partial charge in [0.05, 0.1) is 0 Å². The summed E-state index contributed by atoms with van der Waals surface area (Å²) in [5.74, 6) is 0.00574. The van der Waals surface area contributed by atoms with Gasteiger partial charge in [0.15, 0.2) is 5.82 Å². The molecule has 0 amide bonds. The van der Waals surface area contributed by atoms with Gasteiger partial charge in [-0.1, -0.05) is 0 Å². The monoisotopic (exact) mass is 233 g/mol. The van der Waals surface area contributed by atoms with Crippen LogP contribution in [0.25, 0.3) is 0 Å². The number of nitrogen functional groups attached to an aromatic ring is 1. The molecule has 0 saturated carbocycles. The van der Waals surface area contributed by atoms with Crippen LogP contribution in [0.3, 0.4) is 0 Å². The molecule has 3 N–H and O–H groups in total. The minimum atomic E-state index is -3.61. The van der Waals surface area contributed by atoms with Crippen molar-refractivity contribution in [1.82, 2.24) is 19.6 Å². The first-order valence-corrected chi connectivity index (χ1v) is 5.88. The van der Waals surface area contributed by atoms with Gasteiger partial charge < -0.3 is 5.73 Å². The molecule has 7 nitrogen and oxygen atoms in total. The van der Waals surface area contributed by atoms with Gasteiger partial charge >= 0.3 is 0 Å². The highest BCUT2D eigenvalue weighted by Gasteiger charge is 2.21. The molecule has 0 atom stereocenters. The number of sulfonamides is 1. The first kappa shape index (κ1) is 12.0. The number of hydrogen-bond donors (Lipinski definition) is 2. The summed E-state index contributed by atoms with van der Waals surface area (Å²) in [5, 5.41) is 5.19. The van der Waals surface area contributed by atoms with Crippen molar-refractivity contribution < 1.29 is 8.42 Å². The Kier molecular flexibility index (Phi) is 3.32. The molecule has 0 radical (unpaired) electrons. The fraction of sp³-hybridized carbons (Fsp3) is 0.571. The van der Waals surface area contributed by atoms with E-state index in [1.165, 1.54) is 15.9 Å². The van der Waals surface area contributed by atoms with Gasteiger partial charge in [0, 0.05) is 26.8 Å². The van der Waals surface area contributed by atoms with Crippen molar-refractivity contribution >= 4 is 15.8 Å². The lowest BCUT2D eigenvalue weighted by Gasteiger charge is -2.11. The number of nitrogens with zero attached hydrogens (tertiary/aromatic N) is 3. The molecule has 0 fully saturated rings. The van der Waals surface area contributed by atoms with Gasteiger partial charge in [-0.2, -0.15) is 5.10 Å². The molecule has 0 saturated heterocycles. The van der Waals surface area contributed by atoms with E-state index in [4.69, 9.17) is 5.73 Å². The third kappa shape index (κ3) is 2.67. The highest BCUT2D eigenvalue weighted by molar-refractivity contribution is 7.89. The zero-order valence-corrected chi connectivity index (χ0v) is 9.74. The van der Waals surface area contributed by atoms with E-state index < -0.39 is 10.0 Å². The van der Waals surface area contributed by atoms with Crippen molar-refractivity contribution in [3.05, 3.63) is 6.20 Å². The fourth-order valence-corrected chi connectivity index (χ4v) is 2.23. The number of hydrazine groups is 1. The van der Waals surface area contributed by atoms with Crippen molar-refractivity contribution in [2.45, 2.75) is 18.4 Å². The largest absolute Gasteiger partial charge is 0.381 e. The van der Waals surface area contributed by atoms with Crippen LogP contribution in [-0.2, 0) is 16.6 Å². The van der Waals surface area contributed by atoms with E-state index in [9.17, 15) is 8.42 Å². The Balaban J connectivity index is 3.09. The Morgan fingerprint density at radius 3 is 2.60 bits per heavy atom. The van der Waals surface area contributed by atoms with Gasteiger partial charge in [-0.3, -0.25) is 4.68 Å². The van der Waals surface area contributed by atoms with Crippen LogP contribution in [0, 0.1) is 0 Å². The third-order valence-corrected chi connectivity index (χ3v) is 3.17. The molecule has 1 aromatic rings. The first-order chi connectivity index (χ1) is 6.86. The maximum absolute atomic E-state index is 11.7. The van der Waals surface area contributed by atoms with Gasteiger partial charge in [0.1, 0.15) is 4.90 Å². The second-order valence-electron chi connectivity index (χ2n) is 3.22. The summed E-state index contributed by atoms with van der Waals surface area (Å²) in [6.45, 7) is 2.42. The highest BCUT2D eigenvalue weighted by atomic mass is 32.2. The molecule has 0 spiro atoms. The van der Waals surface area contributed by atoms with Crippen LogP contribution in [0.1, 0.15) is 6.92 Å². The summed E-state index contributed by atoms with van der Waals surface area (Å²) >= 11 is 0. The molecule has 0 aromatic carbocycles. The summed E-state index contributed by atoms with van der Waals surface area (Å²) in [7, 11) is -0.449. The number of hydrogen-bond acceptors (Lipinski definition) is 5. The molecule has 0 aliphatic rings. The summed E-state index contributed by atoms with van der Waals surface area (Å²) in [5.41, 5.74) is 5.51. The Bertz CT molecular complexity index is 436. The number of nitrogens with one attached hydrogen (secondary N) is 1. The lowest BCUT2D eigenvalue weighted by molar-refractivity contribution is 0.364. The van der Waals surface area contributed by atoms with Gasteiger partial charge in [0.25, 0.3) is 10.0 Å². The molecule has 15 heavy (non-hydrogen) atoms. The quantitative estimate of drug-likeness (QED) is 0.667. The predicted molar refractivity (Wildman–Crippen MR) is 56.3 cm³/mol. The number of aryl methyl sites for hydroxylation is 1. The van der Waals surface area contributed by atoms with Crippen LogP contribution < -0.4 is 10.6 Å². The zero-order chi connectivity index (χ0) is 11.6. The Morgan fingerprint density at radius 1 is 1.60 bits per heavy atom. The van der Waals surface area contributed by atoms with E-state index in [-0.39, 0.29) is 10.7 Å². The molecule has 1 aromatic heterocycles. The lowest BCUT2D eigenvalue weighted by Crippen LogP contribution is -2.36. The molecule has 1 heterocycles. The molecule has 0 bridgehead atoms. The molecule has 0 aliphatic heterocycles. The van der Waals surface area contributed by atoms with E-state index in [2.05, 4.69) is 9.93 Å². The van der Waals surface area contributed by atoms with Gasteiger partial charge in [0.2, 0.25) is 0 Å². The molecule has 86 valence electrons. The van der Waals surface area contributed by atoms with Crippen molar-refractivity contribution in [3.63, 3.8) is 0 Å². The SMILES string of the molecule is CCn1cc(S(=O)(=O)NN(C)C)c(N)n1. The standard InChI is InChI=1S/C7H15N5O2S/c1-4-12-5-6(7(8)9-12)15(13,14)10-11(2)3/h5,10H,4H2,1-3H3,(H2,8,9). The van der Waals surface area contributed by atoms with E-state index in [1.807, 2.05) is 6.92 Å². The number of aromatic nitrogens is 2. The first-order valence-electron chi connectivity index (χ1n) is 4.39. The summed E-state index contributed by atoms with van der Waals surface area (Å²) < 4.78 is 24.9. The fourth-order valence-electron chi connectivity index (χ4n) is 1.08. The average Bonchev–Trinajstić information content (AvgIpc) is 2.45. The number of nitrogens with two attached hydrogens (primary N) is 1. The van der Waals surface area contributed by atoms with E-state index >= 15 is 0 Å². The van der Waals surface area contributed by atoms with Crippen LogP contribution >= 0.6 is 0 Å². The number of anilines is 1. The maximum atomic E-state index is 11.7.